The van der Waals surface area contributed by atoms with Crippen molar-refractivity contribution in [3.8, 4) is 0 Å². The molecular formula is C12H15N3O2. The van der Waals surface area contributed by atoms with Crippen LogP contribution in [-0.4, -0.2) is 20.6 Å². The molecule has 5 nitrogen and oxygen atoms in total. The van der Waals surface area contributed by atoms with Gasteiger partial charge in [0.05, 0.1) is 11.0 Å². The van der Waals surface area contributed by atoms with Crippen molar-refractivity contribution in [2.24, 2.45) is 7.05 Å². The number of carbonyl (C=O) groups is 1. The Bertz CT molecular complexity index is 560. The number of fused-ring (bicyclic) bond motifs is 1. The number of nitrogens with zero attached hydrogens (tertiary/aromatic N) is 2. The first-order valence-corrected chi connectivity index (χ1v) is 5.50. The predicted octanol–water partition coefficient (Wildman–Crippen LogP) is 1.56. The molecule has 1 aromatic carbocycles. The van der Waals surface area contributed by atoms with Crippen molar-refractivity contribution in [1.29, 1.82) is 0 Å². The molecule has 2 aromatic rings. The minimum absolute atomic E-state index is 0.172. The van der Waals surface area contributed by atoms with E-state index >= 15 is 0 Å². The third-order valence-corrected chi connectivity index (χ3v) is 2.79. The van der Waals surface area contributed by atoms with Gasteiger partial charge >= 0.3 is 5.97 Å². The second-order valence-corrected chi connectivity index (χ2v) is 4.08. The second kappa shape index (κ2) is 4.45. The van der Waals surface area contributed by atoms with E-state index in [-0.39, 0.29) is 6.42 Å². The molecule has 0 saturated carbocycles. The van der Waals surface area contributed by atoms with Gasteiger partial charge in [-0.3, -0.25) is 4.79 Å². The molecule has 0 atom stereocenters. The number of hydrogen-bond donors (Lipinski definition) is 2. The van der Waals surface area contributed by atoms with Gasteiger partial charge in [-0.2, -0.15) is 0 Å². The summed E-state index contributed by atoms with van der Waals surface area (Å²) in [5.74, 6) is 0.125. The first-order chi connectivity index (χ1) is 8.08. The minimum atomic E-state index is -0.770. The van der Waals surface area contributed by atoms with Gasteiger partial charge in [-0.1, -0.05) is 0 Å². The highest BCUT2D eigenvalue weighted by Gasteiger charge is 2.08. The number of nitrogens with two attached hydrogens (primary N) is 1. The SMILES string of the molecule is Cn1c(CCCC(=O)O)nc2cc(N)ccc21. The maximum Gasteiger partial charge on any atom is 0.303 e. The van der Waals surface area contributed by atoms with Gasteiger partial charge in [-0.05, 0) is 24.6 Å². The van der Waals surface area contributed by atoms with Crippen molar-refractivity contribution < 1.29 is 9.90 Å². The fourth-order valence-corrected chi connectivity index (χ4v) is 1.89. The van der Waals surface area contributed by atoms with Gasteiger partial charge in [0.1, 0.15) is 5.82 Å². The molecule has 5 heteroatoms. The summed E-state index contributed by atoms with van der Waals surface area (Å²) >= 11 is 0. The summed E-state index contributed by atoms with van der Waals surface area (Å²) in [6.07, 6.45) is 1.44. The van der Waals surface area contributed by atoms with Crippen LogP contribution in [0.3, 0.4) is 0 Å². The molecule has 0 bridgehead atoms. The summed E-state index contributed by atoms with van der Waals surface area (Å²) in [6.45, 7) is 0. The van der Waals surface area contributed by atoms with Crippen LogP contribution in [0.5, 0.6) is 0 Å². The van der Waals surface area contributed by atoms with Crippen LogP contribution in [0.25, 0.3) is 11.0 Å². The quantitative estimate of drug-likeness (QED) is 0.785. The minimum Gasteiger partial charge on any atom is -0.481 e. The van der Waals surface area contributed by atoms with Crippen LogP contribution in [0, 0.1) is 0 Å². The largest absolute Gasteiger partial charge is 0.481 e. The summed E-state index contributed by atoms with van der Waals surface area (Å²) in [5, 5.41) is 8.59. The van der Waals surface area contributed by atoms with Crippen LogP contribution in [0.2, 0.25) is 0 Å². The lowest BCUT2D eigenvalue weighted by atomic mass is 10.2. The smallest absolute Gasteiger partial charge is 0.303 e. The number of benzene rings is 1. The standard InChI is InChI=1S/C12H15N3O2/c1-15-10-6-5-8(13)7-9(10)14-11(15)3-2-4-12(16)17/h5-7H,2-4,13H2,1H3,(H,16,17). The Morgan fingerprint density at radius 1 is 1.53 bits per heavy atom. The number of aromatic nitrogens is 2. The summed E-state index contributed by atoms with van der Waals surface area (Å²) in [7, 11) is 1.93. The van der Waals surface area contributed by atoms with Gasteiger partial charge in [0.15, 0.2) is 0 Å². The molecule has 3 N–H and O–H groups in total. The van der Waals surface area contributed by atoms with E-state index in [1.165, 1.54) is 0 Å². The van der Waals surface area contributed by atoms with Crippen LogP contribution in [0.4, 0.5) is 5.69 Å². The lowest BCUT2D eigenvalue weighted by Crippen LogP contribution is -2.01. The Hall–Kier alpha value is -2.04. The fraction of sp³-hybridized carbons (Fsp3) is 0.333. The summed E-state index contributed by atoms with van der Waals surface area (Å²) in [4.78, 5) is 14.9. The topological polar surface area (TPSA) is 81.1 Å². The van der Waals surface area contributed by atoms with Crippen molar-refractivity contribution in [1.82, 2.24) is 9.55 Å². The number of carboxylic acids is 1. The van der Waals surface area contributed by atoms with Gasteiger partial charge in [0.25, 0.3) is 0 Å². The first-order valence-electron chi connectivity index (χ1n) is 5.50. The molecule has 0 radical (unpaired) electrons. The van der Waals surface area contributed by atoms with Gasteiger partial charge in [0, 0.05) is 25.6 Å². The Kier molecular flexibility index (Phi) is 2.99. The normalized spacial score (nSPS) is 10.9. The summed E-state index contributed by atoms with van der Waals surface area (Å²) < 4.78 is 1.98. The molecule has 0 aliphatic heterocycles. The number of rotatable bonds is 4. The van der Waals surface area contributed by atoms with E-state index in [0.29, 0.717) is 18.5 Å². The Morgan fingerprint density at radius 3 is 3.00 bits per heavy atom. The van der Waals surface area contributed by atoms with Crippen molar-refractivity contribution >= 4 is 22.7 Å². The average molecular weight is 233 g/mol. The number of hydrogen-bond acceptors (Lipinski definition) is 3. The number of anilines is 1. The van der Waals surface area contributed by atoms with Gasteiger partial charge in [-0.25, -0.2) is 4.98 Å². The maximum absolute atomic E-state index is 10.4. The Morgan fingerprint density at radius 2 is 2.29 bits per heavy atom. The molecule has 0 saturated heterocycles. The molecule has 17 heavy (non-hydrogen) atoms. The molecule has 0 spiro atoms. The molecule has 0 aliphatic carbocycles. The van der Waals surface area contributed by atoms with Gasteiger partial charge < -0.3 is 15.4 Å². The van der Waals surface area contributed by atoms with E-state index in [0.717, 1.165) is 16.9 Å². The van der Waals surface area contributed by atoms with E-state index in [1.807, 2.05) is 29.8 Å². The number of imidazole rings is 1. The second-order valence-electron chi connectivity index (χ2n) is 4.08. The van der Waals surface area contributed by atoms with E-state index in [4.69, 9.17) is 10.8 Å². The number of aliphatic carboxylic acids is 1. The molecule has 1 aromatic heterocycles. The lowest BCUT2D eigenvalue weighted by Gasteiger charge is -2.00. The van der Waals surface area contributed by atoms with Crippen LogP contribution in [0.15, 0.2) is 18.2 Å². The van der Waals surface area contributed by atoms with Crippen LogP contribution in [0.1, 0.15) is 18.7 Å². The molecule has 0 fully saturated rings. The third-order valence-electron chi connectivity index (χ3n) is 2.79. The van der Waals surface area contributed by atoms with Crippen molar-refractivity contribution in [3.05, 3.63) is 24.0 Å². The average Bonchev–Trinajstić information content (AvgIpc) is 2.55. The van der Waals surface area contributed by atoms with E-state index in [1.54, 1.807) is 0 Å². The van der Waals surface area contributed by atoms with E-state index in [2.05, 4.69) is 4.98 Å². The molecule has 1 heterocycles. The molecular weight excluding hydrogens is 218 g/mol. The zero-order valence-electron chi connectivity index (χ0n) is 9.68. The van der Waals surface area contributed by atoms with Crippen LogP contribution in [-0.2, 0) is 18.3 Å². The van der Waals surface area contributed by atoms with Gasteiger partial charge in [-0.15, -0.1) is 0 Å². The van der Waals surface area contributed by atoms with E-state index < -0.39 is 5.97 Å². The fourth-order valence-electron chi connectivity index (χ4n) is 1.89. The highest BCUT2D eigenvalue weighted by atomic mass is 16.4. The third kappa shape index (κ3) is 2.38. The highest BCUT2D eigenvalue weighted by Crippen LogP contribution is 2.18. The summed E-state index contributed by atoms with van der Waals surface area (Å²) in [5.41, 5.74) is 8.26. The van der Waals surface area contributed by atoms with Crippen LogP contribution >= 0.6 is 0 Å². The van der Waals surface area contributed by atoms with Crippen LogP contribution < -0.4 is 5.73 Å². The molecule has 0 unspecified atom stereocenters. The zero-order valence-corrected chi connectivity index (χ0v) is 9.68. The monoisotopic (exact) mass is 233 g/mol. The van der Waals surface area contributed by atoms with Gasteiger partial charge in [0.2, 0.25) is 0 Å². The number of nitrogen functional groups attached to an aromatic ring is 1. The van der Waals surface area contributed by atoms with Crippen molar-refractivity contribution in [2.45, 2.75) is 19.3 Å². The summed E-state index contributed by atoms with van der Waals surface area (Å²) in [6, 6.07) is 5.60. The van der Waals surface area contributed by atoms with E-state index in [9.17, 15) is 4.79 Å². The zero-order chi connectivity index (χ0) is 12.4. The van der Waals surface area contributed by atoms with Crippen molar-refractivity contribution in [3.63, 3.8) is 0 Å². The maximum atomic E-state index is 10.4. The predicted molar refractivity (Wildman–Crippen MR) is 65.7 cm³/mol. The highest BCUT2D eigenvalue weighted by molar-refractivity contribution is 5.79. The lowest BCUT2D eigenvalue weighted by molar-refractivity contribution is -0.137. The van der Waals surface area contributed by atoms with Crippen molar-refractivity contribution in [2.75, 3.05) is 5.73 Å². The Labute approximate surface area is 98.9 Å². The molecule has 0 amide bonds. The first kappa shape index (κ1) is 11.4. The number of carboxylic acid groups (broad SMARTS) is 1. The number of aryl methyl sites for hydroxylation is 2. The molecule has 0 aliphatic rings. The molecule has 2 rings (SSSR count). The Balaban J connectivity index is 2.23. The molecule has 90 valence electrons.